The Labute approximate surface area is 111 Å². The van der Waals surface area contributed by atoms with Crippen molar-refractivity contribution in [2.45, 2.75) is 39.7 Å². The molecule has 0 saturated carbocycles. The molecule has 0 aliphatic carbocycles. The first-order chi connectivity index (χ1) is 8.93. The molecule has 0 unspecified atom stereocenters. The molecule has 1 saturated heterocycles. The molecule has 104 valence electrons. The second-order valence-electron chi connectivity index (χ2n) is 5.03. The number of aryl methyl sites for hydroxylation is 2. The number of carbonyl (C=O) groups excluding carboxylic acids is 1. The van der Waals surface area contributed by atoms with E-state index < -0.39 is 11.9 Å². The number of carbonyl (C=O) groups is 2. The molecular formula is C13H18N2O4. The van der Waals surface area contributed by atoms with Gasteiger partial charge >= 0.3 is 5.97 Å². The highest BCUT2D eigenvalue weighted by Gasteiger charge is 2.37. The maximum Gasteiger partial charge on any atom is 0.308 e. The Morgan fingerprint density at radius 2 is 2.11 bits per heavy atom. The minimum absolute atomic E-state index is 0.185. The maximum absolute atomic E-state index is 12.5. The minimum Gasteiger partial charge on any atom is -0.481 e. The van der Waals surface area contributed by atoms with Crippen LogP contribution in [0.4, 0.5) is 0 Å². The highest BCUT2D eigenvalue weighted by molar-refractivity contribution is 5.96. The van der Waals surface area contributed by atoms with Crippen LogP contribution in [0, 0.1) is 19.8 Å². The lowest BCUT2D eigenvalue weighted by Gasteiger charge is -2.37. The standard InChI is InChI=1S/C13H18N2O4/c1-7-11(9(3)19-14-7)12(16)15-6-4-5-10(8(15)2)13(17)18/h8,10H,4-6H2,1-3H3,(H,17,18)/t8-,10-/m1/s1. The number of aromatic nitrogens is 1. The number of carboxylic acids is 1. The predicted molar refractivity (Wildman–Crippen MR) is 66.8 cm³/mol. The zero-order valence-electron chi connectivity index (χ0n) is 11.3. The summed E-state index contributed by atoms with van der Waals surface area (Å²) in [4.78, 5) is 25.3. The summed E-state index contributed by atoms with van der Waals surface area (Å²) in [5, 5.41) is 13.0. The van der Waals surface area contributed by atoms with E-state index in [4.69, 9.17) is 4.52 Å². The molecule has 1 aromatic heterocycles. The van der Waals surface area contributed by atoms with Crippen LogP contribution >= 0.6 is 0 Å². The molecule has 2 heterocycles. The van der Waals surface area contributed by atoms with E-state index in [-0.39, 0.29) is 11.9 Å². The van der Waals surface area contributed by atoms with E-state index in [1.165, 1.54) is 0 Å². The average molecular weight is 266 g/mol. The third-order valence-electron chi connectivity index (χ3n) is 3.81. The maximum atomic E-state index is 12.5. The second kappa shape index (κ2) is 5.03. The van der Waals surface area contributed by atoms with Gasteiger partial charge in [-0.2, -0.15) is 0 Å². The van der Waals surface area contributed by atoms with Crippen molar-refractivity contribution in [3.8, 4) is 0 Å². The lowest BCUT2D eigenvalue weighted by Crippen LogP contribution is -2.49. The van der Waals surface area contributed by atoms with E-state index in [1.54, 1.807) is 25.7 Å². The van der Waals surface area contributed by atoms with Gasteiger partial charge in [0.2, 0.25) is 0 Å². The molecule has 0 bridgehead atoms. The zero-order valence-corrected chi connectivity index (χ0v) is 11.3. The smallest absolute Gasteiger partial charge is 0.308 e. The van der Waals surface area contributed by atoms with E-state index in [1.807, 2.05) is 0 Å². The van der Waals surface area contributed by atoms with Gasteiger partial charge in [0.1, 0.15) is 11.3 Å². The van der Waals surface area contributed by atoms with Crippen LogP contribution in [0.2, 0.25) is 0 Å². The highest BCUT2D eigenvalue weighted by atomic mass is 16.5. The van der Waals surface area contributed by atoms with Crippen LogP contribution in [0.15, 0.2) is 4.52 Å². The van der Waals surface area contributed by atoms with Crippen LogP contribution in [0.3, 0.4) is 0 Å². The molecule has 19 heavy (non-hydrogen) atoms. The number of nitrogens with zero attached hydrogens (tertiary/aromatic N) is 2. The average Bonchev–Trinajstić information content (AvgIpc) is 2.68. The molecule has 1 aromatic rings. The number of rotatable bonds is 2. The Morgan fingerprint density at radius 1 is 1.42 bits per heavy atom. The van der Waals surface area contributed by atoms with Crippen LogP contribution in [-0.4, -0.2) is 39.6 Å². The predicted octanol–water partition coefficient (Wildman–Crippen LogP) is 1.62. The number of hydrogen-bond donors (Lipinski definition) is 1. The molecule has 2 rings (SSSR count). The molecule has 0 spiro atoms. The molecule has 2 atom stereocenters. The van der Waals surface area contributed by atoms with Gasteiger partial charge in [-0.3, -0.25) is 9.59 Å². The van der Waals surface area contributed by atoms with Crippen molar-refractivity contribution in [2.75, 3.05) is 6.54 Å². The molecule has 6 heteroatoms. The Hall–Kier alpha value is -1.85. The molecule has 1 aliphatic heterocycles. The second-order valence-corrected chi connectivity index (χ2v) is 5.03. The van der Waals surface area contributed by atoms with Gasteiger partial charge in [-0.1, -0.05) is 5.16 Å². The van der Waals surface area contributed by atoms with Crippen LogP contribution in [-0.2, 0) is 4.79 Å². The summed E-state index contributed by atoms with van der Waals surface area (Å²) in [6.45, 7) is 5.77. The van der Waals surface area contributed by atoms with Gasteiger partial charge in [0, 0.05) is 12.6 Å². The molecular weight excluding hydrogens is 248 g/mol. The summed E-state index contributed by atoms with van der Waals surface area (Å²) in [6.07, 6.45) is 1.32. The molecule has 0 radical (unpaired) electrons. The van der Waals surface area contributed by atoms with Crippen molar-refractivity contribution in [3.05, 3.63) is 17.0 Å². The number of amides is 1. The number of carboxylic acid groups (broad SMARTS) is 1. The topological polar surface area (TPSA) is 83.6 Å². The normalized spacial score (nSPS) is 23.4. The van der Waals surface area contributed by atoms with E-state index in [9.17, 15) is 14.7 Å². The van der Waals surface area contributed by atoms with Crippen molar-refractivity contribution in [2.24, 2.45) is 5.92 Å². The lowest BCUT2D eigenvalue weighted by molar-refractivity contribution is -0.144. The van der Waals surface area contributed by atoms with Crippen LogP contribution in [0.5, 0.6) is 0 Å². The van der Waals surface area contributed by atoms with Crippen molar-refractivity contribution in [1.82, 2.24) is 10.1 Å². The third-order valence-corrected chi connectivity index (χ3v) is 3.81. The van der Waals surface area contributed by atoms with E-state index in [0.717, 1.165) is 0 Å². The quantitative estimate of drug-likeness (QED) is 0.879. The fourth-order valence-corrected chi connectivity index (χ4v) is 2.69. The lowest BCUT2D eigenvalue weighted by atomic mass is 9.89. The van der Waals surface area contributed by atoms with Crippen molar-refractivity contribution < 1.29 is 19.2 Å². The first-order valence-electron chi connectivity index (χ1n) is 6.40. The zero-order chi connectivity index (χ0) is 14.2. The summed E-state index contributed by atoms with van der Waals surface area (Å²) in [7, 11) is 0. The Kier molecular flexibility index (Phi) is 3.59. The summed E-state index contributed by atoms with van der Waals surface area (Å²) >= 11 is 0. The Balaban J connectivity index is 2.26. The first-order valence-corrected chi connectivity index (χ1v) is 6.40. The van der Waals surface area contributed by atoms with Crippen LogP contribution < -0.4 is 0 Å². The summed E-state index contributed by atoms with van der Waals surface area (Å²) in [5.41, 5.74) is 1.00. The van der Waals surface area contributed by atoms with Crippen molar-refractivity contribution >= 4 is 11.9 Å². The summed E-state index contributed by atoms with van der Waals surface area (Å²) in [6, 6.07) is -0.313. The molecule has 6 nitrogen and oxygen atoms in total. The Bertz CT molecular complexity index is 489. The minimum atomic E-state index is -0.844. The van der Waals surface area contributed by atoms with Gasteiger partial charge < -0.3 is 14.5 Å². The molecule has 1 fully saturated rings. The van der Waals surface area contributed by atoms with Crippen molar-refractivity contribution in [1.29, 1.82) is 0 Å². The first kappa shape index (κ1) is 13.6. The number of likely N-dealkylation sites (tertiary alicyclic amines) is 1. The summed E-state index contributed by atoms with van der Waals surface area (Å²) in [5.74, 6) is -1.05. The summed E-state index contributed by atoms with van der Waals surface area (Å²) < 4.78 is 5.00. The van der Waals surface area contributed by atoms with Gasteiger partial charge in [0.25, 0.3) is 5.91 Å². The van der Waals surface area contributed by atoms with Gasteiger partial charge in [-0.05, 0) is 33.6 Å². The SMILES string of the molecule is Cc1noc(C)c1C(=O)N1CCC[C@@H](C(=O)O)[C@H]1C. The molecule has 1 aliphatic rings. The number of hydrogen-bond acceptors (Lipinski definition) is 4. The van der Waals surface area contributed by atoms with E-state index in [2.05, 4.69) is 5.16 Å². The van der Waals surface area contributed by atoms with Gasteiger partial charge in [0.05, 0.1) is 11.6 Å². The Morgan fingerprint density at radius 3 is 2.63 bits per heavy atom. The van der Waals surface area contributed by atoms with E-state index in [0.29, 0.717) is 36.4 Å². The van der Waals surface area contributed by atoms with Gasteiger partial charge in [-0.15, -0.1) is 0 Å². The fourth-order valence-electron chi connectivity index (χ4n) is 2.69. The fraction of sp³-hybridized carbons (Fsp3) is 0.615. The van der Waals surface area contributed by atoms with E-state index >= 15 is 0 Å². The van der Waals surface area contributed by atoms with Gasteiger partial charge in [-0.25, -0.2) is 0 Å². The molecule has 0 aromatic carbocycles. The van der Waals surface area contributed by atoms with Crippen molar-refractivity contribution in [3.63, 3.8) is 0 Å². The molecule has 1 amide bonds. The number of piperidine rings is 1. The highest BCUT2D eigenvalue weighted by Crippen LogP contribution is 2.26. The van der Waals surface area contributed by atoms with Crippen LogP contribution in [0.25, 0.3) is 0 Å². The monoisotopic (exact) mass is 266 g/mol. The third kappa shape index (κ3) is 2.34. The van der Waals surface area contributed by atoms with Crippen LogP contribution in [0.1, 0.15) is 41.6 Å². The largest absolute Gasteiger partial charge is 0.481 e. The number of aliphatic carboxylic acids is 1. The molecule has 1 N–H and O–H groups in total. The van der Waals surface area contributed by atoms with Gasteiger partial charge in [0.15, 0.2) is 0 Å².